The van der Waals surface area contributed by atoms with Crippen LogP contribution in [0.15, 0.2) is 41.3 Å². The van der Waals surface area contributed by atoms with Crippen LogP contribution >= 0.6 is 11.6 Å². The highest BCUT2D eigenvalue weighted by atomic mass is 35.5. The van der Waals surface area contributed by atoms with E-state index >= 15 is 8.78 Å². The average Bonchev–Trinajstić information content (AvgIpc) is 3.63. The molecule has 0 spiro atoms. The van der Waals surface area contributed by atoms with Gasteiger partial charge in [-0.3, -0.25) is 9.69 Å². The number of aromatic nitrogens is 1. The Labute approximate surface area is 426 Å². The molecule has 1 atom stereocenters. The summed E-state index contributed by atoms with van der Waals surface area (Å²) in [6.07, 6.45) is -1.65. The molecule has 4 N–H and O–H groups in total. The number of piperazine rings is 1. The fourth-order valence-electron chi connectivity index (χ4n) is 8.38. The molecule has 5 amide bonds. The smallest absolute Gasteiger partial charge is 0.407 e. The van der Waals surface area contributed by atoms with Gasteiger partial charge in [0.2, 0.25) is 15.9 Å². The van der Waals surface area contributed by atoms with Gasteiger partial charge in [0.15, 0.2) is 0 Å². The molecule has 2 aliphatic heterocycles. The topological polar surface area (TPSA) is 230 Å². The first-order chi connectivity index (χ1) is 33.5. The van der Waals surface area contributed by atoms with Crippen molar-refractivity contribution in [2.45, 2.75) is 134 Å². The number of amides is 5. The molecule has 3 aliphatic rings. The number of sulfonamides is 1. The lowest BCUT2D eigenvalue weighted by Gasteiger charge is -2.36. The van der Waals surface area contributed by atoms with Crippen molar-refractivity contribution in [2.75, 3.05) is 81.9 Å². The minimum absolute atomic E-state index is 0.0205. The lowest BCUT2D eigenvalue weighted by molar-refractivity contribution is -0.117. The third-order valence-corrected chi connectivity index (χ3v) is 13.9. The molecule has 1 aliphatic carbocycles. The Morgan fingerprint density at radius 1 is 0.736 bits per heavy atom. The normalized spacial score (nSPS) is 19.4. The minimum Gasteiger partial charge on any atom is -0.448 e. The van der Waals surface area contributed by atoms with E-state index in [9.17, 15) is 32.4 Å². The standard InChI is InChI=1S/C48H72ClF2N9O11S/c1-45(2,3)69-41(62)52-18-20-57(21-19-53-42(63)70-46(4,5)6)26-27-68-43(64)54-34-12-10-32(11-13-34)48(50,51)33-28-38(49)56-39(29-33)58-22-24-59(25-23-58)72(66,67)37-16-14-36(15-17-37)60-31-35(30-40(60)61)55-44(65)71-47(7,8)9/h14-17,28-29,32,34-35H,10-13,18-27,30-31H2,1-9H3,(H,52,62)(H,53,63)(H,54,64)(H,55,65)/t32?,34?,35-/m1/s1. The molecule has 402 valence electrons. The first-order valence-electron chi connectivity index (χ1n) is 24.3. The van der Waals surface area contributed by atoms with Gasteiger partial charge in [0, 0.05) is 95.1 Å². The third-order valence-electron chi connectivity index (χ3n) is 11.8. The predicted molar refractivity (Wildman–Crippen MR) is 266 cm³/mol. The Kier molecular flexibility index (Phi) is 19.4. The van der Waals surface area contributed by atoms with E-state index in [2.05, 4.69) is 26.3 Å². The molecule has 3 heterocycles. The third kappa shape index (κ3) is 17.7. The number of pyridine rings is 1. The van der Waals surface area contributed by atoms with Gasteiger partial charge in [-0.05, 0) is 124 Å². The maximum Gasteiger partial charge on any atom is 0.407 e. The number of hydrogen-bond acceptors (Lipinski definition) is 14. The number of carbonyl (C=O) groups excluding carboxylic acids is 5. The minimum atomic E-state index is -3.96. The summed E-state index contributed by atoms with van der Waals surface area (Å²) in [5, 5.41) is 10.7. The second kappa shape index (κ2) is 24.2. The zero-order chi connectivity index (χ0) is 53.2. The highest BCUT2D eigenvalue weighted by Crippen LogP contribution is 2.45. The predicted octanol–water partition coefficient (Wildman–Crippen LogP) is 6.60. The molecule has 1 saturated carbocycles. The largest absolute Gasteiger partial charge is 0.448 e. The van der Waals surface area contributed by atoms with Crippen LogP contribution in [0, 0.1) is 5.92 Å². The number of hydrogen-bond donors (Lipinski definition) is 4. The van der Waals surface area contributed by atoms with Gasteiger partial charge >= 0.3 is 24.4 Å². The number of benzene rings is 1. The average molecular weight is 1060 g/mol. The second-order valence-corrected chi connectivity index (χ2v) is 23.4. The number of rotatable bonds is 17. The Morgan fingerprint density at radius 2 is 1.26 bits per heavy atom. The SMILES string of the molecule is CC(C)(C)OC(=O)NCCN(CCNC(=O)OC(C)(C)C)CCOC(=O)NC1CCC(C(F)(F)c2cc(Cl)nc(N3CCN(S(=O)(=O)c4ccc(N5C[C@H](NC(=O)OC(C)(C)C)CC5=O)cc4)CC3)c2)CC1. The fourth-order valence-corrected chi connectivity index (χ4v) is 10.0. The Balaban J connectivity index is 1.08. The van der Waals surface area contributed by atoms with E-state index in [1.165, 1.54) is 27.4 Å². The summed E-state index contributed by atoms with van der Waals surface area (Å²) in [5.41, 5.74) is -1.87. The van der Waals surface area contributed by atoms with Gasteiger partial charge in [-0.2, -0.15) is 4.31 Å². The highest BCUT2D eigenvalue weighted by Gasteiger charge is 2.44. The molecule has 20 nitrogen and oxygen atoms in total. The van der Waals surface area contributed by atoms with E-state index in [1.807, 2.05) is 4.90 Å². The van der Waals surface area contributed by atoms with Crippen LogP contribution in [0.4, 0.5) is 39.5 Å². The number of ether oxygens (including phenoxy) is 4. The first kappa shape index (κ1) is 57.6. The van der Waals surface area contributed by atoms with Gasteiger partial charge in [0.25, 0.3) is 5.92 Å². The monoisotopic (exact) mass is 1060 g/mol. The van der Waals surface area contributed by atoms with Crippen LogP contribution in [0.3, 0.4) is 0 Å². The van der Waals surface area contributed by atoms with Crippen molar-refractivity contribution in [1.82, 2.24) is 35.5 Å². The van der Waals surface area contributed by atoms with Crippen LogP contribution in [0.2, 0.25) is 5.15 Å². The number of carbonyl (C=O) groups is 5. The molecule has 0 unspecified atom stereocenters. The van der Waals surface area contributed by atoms with E-state index in [4.69, 9.17) is 30.5 Å². The first-order valence-corrected chi connectivity index (χ1v) is 26.1. The van der Waals surface area contributed by atoms with Crippen molar-refractivity contribution in [3.63, 3.8) is 0 Å². The quantitative estimate of drug-likeness (QED) is 0.0967. The van der Waals surface area contributed by atoms with Crippen molar-refractivity contribution in [3.05, 3.63) is 47.1 Å². The zero-order valence-electron chi connectivity index (χ0n) is 42.8. The molecular formula is C48H72ClF2N9O11S. The number of nitrogens with one attached hydrogen (secondary N) is 4. The van der Waals surface area contributed by atoms with Crippen molar-refractivity contribution in [3.8, 4) is 0 Å². The maximum absolute atomic E-state index is 16.3. The van der Waals surface area contributed by atoms with Crippen LogP contribution in [0.1, 0.15) is 100.0 Å². The Bertz CT molecular complexity index is 2280. The van der Waals surface area contributed by atoms with Crippen LogP contribution in [0.25, 0.3) is 0 Å². The maximum atomic E-state index is 16.3. The summed E-state index contributed by atoms with van der Waals surface area (Å²) in [5.74, 6) is -4.38. The van der Waals surface area contributed by atoms with E-state index in [-0.39, 0.29) is 118 Å². The van der Waals surface area contributed by atoms with Crippen molar-refractivity contribution < 1.29 is 60.1 Å². The van der Waals surface area contributed by atoms with Gasteiger partial charge in [-0.25, -0.2) is 41.4 Å². The van der Waals surface area contributed by atoms with Gasteiger partial charge < -0.3 is 50.0 Å². The molecule has 0 radical (unpaired) electrons. The number of alkyl halides is 2. The number of anilines is 2. The summed E-state index contributed by atoms with van der Waals surface area (Å²) in [7, 11) is -3.96. The van der Waals surface area contributed by atoms with Gasteiger partial charge in [0.05, 0.1) is 10.9 Å². The molecule has 3 fully saturated rings. The molecule has 2 aromatic rings. The van der Waals surface area contributed by atoms with Gasteiger partial charge in [-0.15, -0.1) is 0 Å². The molecule has 72 heavy (non-hydrogen) atoms. The molecule has 1 aromatic carbocycles. The zero-order valence-corrected chi connectivity index (χ0v) is 44.4. The highest BCUT2D eigenvalue weighted by molar-refractivity contribution is 7.89. The molecule has 2 saturated heterocycles. The summed E-state index contributed by atoms with van der Waals surface area (Å²) < 4.78 is 82.6. The second-order valence-electron chi connectivity index (χ2n) is 21.1. The van der Waals surface area contributed by atoms with Crippen LogP contribution in [-0.4, -0.2) is 154 Å². The van der Waals surface area contributed by atoms with Gasteiger partial charge in [-0.1, -0.05) is 11.6 Å². The van der Waals surface area contributed by atoms with E-state index in [1.54, 1.807) is 79.3 Å². The summed E-state index contributed by atoms with van der Waals surface area (Å²) in [6, 6.07) is 7.51. The lowest BCUT2D eigenvalue weighted by Crippen LogP contribution is -2.49. The molecular weight excluding hydrogens is 984 g/mol. The van der Waals surface area contributed by atoms with Crippen LogP contribution in [-0.2, 0) is 39.7 Å². The Morgan fingerprint density at radius 3 is 1.81 bits per heavy atom. The Hall–Kier alpha value is -5.26. The number of alkyl carbamates (subject to hydrolysis) is 4. The summed E-state index contributed by atoms with van der Waals surface area (Å²) in [4.78, 5) is 71.6. The fraction of sp³-hybridized carbons (Fsp3) is 0.667. The van der Waals surface area contributed by atoms with Crippen molar-refractivity contribution in [1.29, 1.82) is 0 Å². The number of nitrogens with zero attached hydrogens (tertiary/aromatic N) is 5. The van der Waals surface area contributed by atoms with Crippen molar-refractivity contribution >= 4 is 63.4 Å². The molecule has 5 rings (SSSR count). The molecule has 1 aromatic heterocycles. The van der Waals surface area contributed by atoms with Crippen molar-refractivity contribution in [2.24, 2.45) is 5.92 Å². The lowest BCUT2D eigenvalue weighted by atomic mass is 9.80. The van der Waals surface area contributed by atoms with E-state index < -0.39 is 75.1 Å². The van der Waals surface area contributed by atoms with E-state index in [0.717, 1.165) is 6.07 Å². The number of halogens is 3. The molecule has 24 heteroatoms. The van der Waals surface area contributed by atoms with E-state index in [0.29, 0.717) is 18.8 Å². The summed E-state index contributed by atoms with van der Waals surface area (Å²) >= 11 is 6.34. The molecule has 0 bridgehead atoms. The van der Waals surface area contributed by atoms with Crippen LogP contribution < -0.4 is 31.1 Å². The van der Waals surface area contributed by atoms with Crippen LogP contribution in [0.5, 0.6) is 0 Å². The van der Waals surface area contributed by atoms with Gasteiger partial charge in [0.1, 0.15) is 34.4 Å². The summed E-state index contributed by atoms with van der Waals surface area (Å²) in [6.45, 7) is 17.7.